The lowest BCUT2D eigenvalue weighted by Crippen LogP contribution is -2.51. The van der Waals surface area contributed by atoms with Gasteiger partial charge in [0.05, 0.1) is 24.3 Å². The molecule has 0 aromatic heterocycles. The third-order valence-electron chi connectivity index (χ3n) is 3.04. The summed E-state index contributed by atoms with van der Waals surface area (Å²) in [5.41, 5.74) is 0.761. The van der Waals surface area contributed by atoms with Crippen molar-refractivity contribution in [2.75, 3.05) is 19.8 Å². The first kappa shape index (κ1) is 14.2. The Kier molecular flexibility index (Phi) is 4.74. The van der Waals surface area contributed by atoms with Crippen molar-refractivity contribution < 1.29 is 13.9 Å². The number of halogens is 2. The monoisotopic (exact) mass is 286 g/mol. The zero-order chi connectivity index (χ0) is 13.8. The van der Waals surface area contributed by atoms with Crippen LogP contribution in [-0.2, 0) is 9.53 Å². The van der Waals surface area contributed by atoms with Gasteiger partial charge in [-0.05, 0) is 24.6 Å². The van der Waals surface area contributed by atoms with E-state index in [0.29, 0.717) is 19.8 Å². The lowest BCUT2D eigenvalue weighted by Gasteiger charge is -2.25. The number of ether oxygens (including phenoxy) is 1. The van der Waals surface area contributed by atoms with Gasteiger partial charge in [-0.2, -0.15) is 0 Å². The molecule has 0 saturated carbocycles. The molecule has 6 heteroatoms. The molecule has 0 aliphatic carbocycles. The number of carbonyl (C=O) groups is 1. The Balaban J connectivity index is 1.97. The third-order valence-corrected chi connectivity index (χ3v) is 3.33. The van der Waals surface area contributed by atoms with Crippen LogP contribution in [0, 0.1) is 5.82 Å². The molecule has 2 rings (SSSR count). The lowest BCUT2D eigenvalue weighted by atomic mass is 10.1. The molecule has 4 nitrogen and oxygen atoms in total. The van der Waals surface area contributed by atoms with Crippen LogP contribution in [0.1, 0.15) is 18.5 Å². The summed E-state index contributed by atoms with van der Waals surface area (Å²) in [6.07, 6.45) is 0. The zero-order valence-corrected chi connectivity index (χ0v) is 11.3. The highest BCUT2D eigenvalue weighted by Gasteiger charge is 2.22. The number of benzene rings is 1. The maximum Gasteiger partial charge on any atom is 0.240 e. The number of amides is 1. The van der Waals surface area contributed by atoms with Crippen molar-refractivity contribution >= 4 is 17.5 Å². The standard InChI is InChI=1S/C13H16ClFN2O2/c1-8(9-2-3-11(15)10(14)6-9)17-13(18)12-7-19-5-4-16-12/h2-3,6,8,12,16H,4-5,7H2,1H3,(H,17,18). The molecule has 0 radical (unpaired) electrons. The van der Waals surface area contributed by atoms with Gasteiger partial charge in [-0.25, -0.2) is 4.39 Å². The fourth-order valence-corrected chi connectivity index (χ4v) is 2.10. The second-order valence-electron chi connectivity index (χ2n) is 4.49. The Hall–Kier alpha value is -1.17. The summed E-state index contributed by atoms with van der Waals surface area (Å²) in [6, 6.07) is 3.84. The van der Waals surface area contributed by atoms with Gasteiger partial charge in [-0.15, -0.1) is 0 Å². The number of hydrogen-bond donors (Lipinski definition) is 2. The molecule has 19 heavy (non-hydrogen) atoms. The molecule has 1 fully saturated rings. The van der Waals surface area contributed by atoms with E-state index >= 15 is 0 Å². The van der Waals surface area contributed by atoms with E-state index in [1.165, 1.54) is 12.1 Å². The van der Waals surface area contributed by atoms with Gasteiger partial charge in [-0.1, -0.05) is 17.7 Å². The Morgan fingerprint density at radius 3 is 3.05 bits per heavy atom. The smallest absolute Gasteiger partial charge is 0.240 e. The van der Waals surface area contributed by atoms with Crippen molar-refractivity contribution in [3.05, 3.63) is 34.6 Å². The summed E-state index contributed by atoms with van der Waals surface area (Å²) in [6.45, 7) is 3.47. The van der Waals surface area contributed by atoms with Gasteiger partial charge in [0.25, 0.3) is 0 Å². The second-order valence-corrected chi connectivity index (χ2v) is 4.89. The SMILES string of the molecule is CC(NC(=O)C1COCCN1)c1ccc(F)c(Cl)c1. The molecule has 1 aromatic carbocycles. The molecule has 2 unspecified atom stereocenters. The molecule has 1 heterocycles. The molecule has 1 aromatic rings. The normalized spacial score (nSPS) is 20.9. The third kappa shape index (κ3) is 3.65. The number of hydrogen-bond acceptors (Lipinski definition) is 3. The van der Waals surface area contributed by atoms with E-state index in [2.05, 4.69) is 10.6 Å². The summed E-state index contributed by atoms with van der Waals surface area (Å²) >= 11 is 5.72. The van der Waals surface area contributed by atoms with Crippen LogP contribution >= 0.6 is 11.6 Å². The largest absolute Gasteiger partial charge is 0.378 e. The van der Waals surface area contributed by atoms with Gasteiger partial charge < -0.3 is 15.4 Å². The van der Waals surface area contributed by atoms with Crippen LogP contribution in [0.25, 0.3) is 0 Å². The van der Waals surface area contributed by atoms with Crippen molar-refractivity contribution in [3.63, 3.8) is 0 Å². The summed E-state index contributed by atoms with van der Waals surface area (Å²) in [5.74, 6) is -0.598. The van der Waals surface area contributed by atoms with Crippen molar-refractivity contribution in [2.45, 2.75) is 19.0 Å². The van der Waals surface area contributed by atoms with Crippen LogP contribution in [-0.4, -0.2) is 31.7 Å². The molecular formula is C13H16ClFN2O2. The first-order valence-electron chi connectivity index (χ1n) is 6.14. The summed E-state index contributed by atoms with van der Waals surface area (Å²) < 4.78 is 18.3. The van der Waals surface area contributed by atoms with Gasteiger partial charge in [0.1, 0.15) is 11.9 Å². The number of nitrogens with one attached hydrogen (secondary N) is 2. The van der Waals surface area contributed by atoms with Gasteiger partial charge in [0.2, 0.25) is 5.91 Å². The average molecular weight is 287 g/mol. The van der Waals surface area contributed by atoms with Crippen molar-refractivity contribution in [2.24, 2.45) is 0 Å². The van der Waals surface area contributed by atoms with E-state index in [9.17, 15) is 9.18 Å². The van der Waals surface area contributed by atoms with E-state index in [1.807, 2.05) is 6.92 Å². The second kappa shape index (κ2) is 6.32. The van der Waals surface area contributed by atoms with Crippen LogP contribution < -0.4 is 10.6 Å². The molecule has 1 saturated heterocycles. The number of rotatable bonds is 3. The van der Waals surface area contributed by atoms with Crippen LogP contribution in [0.4, 0.5) is 4.39 Å². The minimum atomic E-state index is -0.466. The Morgan fingerprint density at radius 1 is 1.63 bits per heavy atom. The Labute approximate surface area is 116 Å². The quantitative estimate of drug-likeness (QED) is 0.888. The van der Waals surface area contributed by atoms with E-state index in [1.54, 1.807) is 6.07 Å². The minimum absolute atomic E-state index is 0.0534. The van der Waals surface area contributed by atoms with Crippen molar-refractivity contribution in [3.8, 4) is 0 Å². The van der Waals surface area contributed by atoms with E-state index in [-0.39, 0.29) is 23.0 Å². The molecule has 2 N–H and O–H groups in total. The molecule has 104 valence electrons. The Bertz CT molecular complexity index is 464. The highest BCUT2D eigenvalue weighted by atomic mass is 35.5. The molecule has 1 aliphatic rings. The maximum atomic E-state index is 13.1. The van der Waals surface area contributed by atoms with Gasteiger partial charge in [0.15, 0.2) is 0 Å². The zero-order valence-electron chi connectivity index (χ0n) is 10.6. The van der Waals surface area contributed by atoms with Gasteiger partial charge in [-0.3, -0.25) is 4.79 Å². The number of carbonyl (C=O) groups excluding carboxylic acids is 1. The predicted octanol–water partition coefficient (Wildman–Crippen LogP) is 1.64. The van der Waals surface area contributed by atoms with Crippen molar-refractivity contribution in [1.29, 1.82) is 0 Å². The highest BCUT2D eigenvalue weighted by Crippen LogP contribution is 2.20. The highest BCUT2D eigenvalue weighted by molar-refractivity contribution is 6.30. The average Bonchev–Trinajstić information content (AvgIpc) is 2.42. The molecular weight excluding hydrogens is 271 g/mol. The topological polar surface area (TPSA) is 50.4 Å². The fraction of sp³-hybridized carbons (Fsp3) is 0.462. The Morgan fingerprint density at radius 2 is 2.42 bits per heavy atom. The van der Waals surface area contributed by atoms with Gasteiger partial charge in [0, 0.05) is 6.54 Å². The minimum Gasteiger partial charge on any atom is -0.378 e. The lowest BCUT2D eigenvalue weighted by molar-refractivity contribution is -0.126. The summed E-state index contributed by atoms with van der Waals surface area (Å²) in [7, 11) is 0. The maximum absolute atomic E-state index is 13.1. The van der Waals surface area contributed by atoms with E-state index in [4.69, 9.17) is 16.3 Å². The first-order valence-corrected chi connectivity index (χ1v) is 6.52. The van der Waals surface area contributed by atoms with Crippen LogP contribution in [0.2, 0.25) is 5.02 Å². The van der Waals surface area contributed by atoms with Gasteiger partial charge >= 0.3 is 0 Å². The van der Waals surface area contributed by atoms with E-state index < -0.39 is 5.82 Å². The molecule has 1 amide bonds. The fourth-order valence-electron chi connectivity index (χ4n) is 1.91. The van der Waals surface area contributed by atoms with Crippen molar-refractivity contribution in [1.82, 2.24) is 10.6 Å². The molecule has 0 bridgehead atoms. The summed E-state index contributed by atoms with van der Waals surface area (Å²) in [5, 5.41) is 5.98. The molecule has 2 atom stereocenters. The molecule has 0 spiro atoms. The van der Waals surface area contributed by atoms with E-state index in [0.717, 1.165) is 5.56 Å². The first-order chi connectivity index (χ1) is 9.08. The predicted molar refractivity (Wildman–Crippen MR) is 70.6 cm³/mol. The summed E-state index contributed by atoms with van der Waals surface area (Å²) in [4.78, 5) is 12.0. The van der Waals surface area contributed by atoms with Crippen LogP contribution in [0.15, 0.2) is 18.2 Å². The van der Waals surface area contributed by atoms with Crippen LogP contribution in [0.3, 0.4) is 0 Å². The van der Waals surface area contributed by atoms with Crippen LogP contribution in [0.5, 0.6) is 0 Å². The number of morpholine rings is 1. The molecule has 1 aliphatic heterocycles.